The third kappa shape index (κ3) is 4.35. The molecule has 2 aromatic rings. The summed E-state index contributed by atoms with van der Waals surface area (Å²) in [5.74, 6) is 0.0143. The fraction of sp³-hybridized carbons (Fsp3) is 0.231. The highest BCUT2D eigenvalue weighted by atomic mass is 35.5. The van der Waals surface area contributed by atoms with E-state index in [0.29, 0.717) is 11.8 Å². The molecule has 24 heavy (non-hydrogen) atoms. The van der Waals surface area contributed by atoms with Gasteiger partial charge in [-0.2, -0.15) is 16.8 Å². The Hall–Kier alpha value is -1.43. The second kappa shape index (κ2) is 6.82. The van der Waals surface area contributed by atoms with Gasteiger partial charge in [0.05, 0.1) is 16.9 Å². The van der Waals surface area contributed by atoms with Gasteiger partial charge in [-0.25, -0.2) is 0 Å². The van der Waals surface area contributed by atoms with E-state index in [0.717, 1.165) is 6.07 Å². The van der Waals surface area contributed by atoms with Gasteiger partial charge < -0.3 is 10.4 Å². The summed E-state index contributed by atoms with van der Waals surface area (Å²) in [6.07, 6.45) is -0.806. The van der Waals surface area contributed by atoms with Crippen molar-refractivity contribution in [1.29, 1.82) is 0 Å². The number of hydrogen-bond donors (Lipinski definition) is 4. The largest absolute Gasteiger partial charge is 0.390 e. The Labute approximate surface area is 143 Å². The van der Waals surface area contributed by atoms with Gasteiger partial charge in [0.15, 0.2) is 0 Å². The lowest BCUT2D eigenvalue weighted by Crippen LogP contribution is -2.20. The zero-order valence-electron chi connectivity index (χ0n) is 12.0. The molecule has 0 aliphatic carbocycles. The fourth-order valence-corrected chi connectivity index (χ4v) is 3.54. The smallest absolute Gasteiger partial charge is 0.295 e. The average Bonchev–Trinajstić information content (AvgIpc) is 2.49. The van der Waals surface area contributed by atoms with E-state index in [-0.39, 0.29) is 23.2 Å². The number of aliphatic hydroxyl groups excluding tert-OH is 1. The molecule has 0 spiro atoms. The van der Waals surface area contributed by atoms with Gasteiger partial charge in [-0.15, -0.1) is 11.6 Å². The number of rotatable bonds is 6. The number of benzene rings is 2. The zero-order valence-corrected chi connectivity index (χ0v) is 14.4. The highest BCUT2D eigenvalue weighted by Crippen LogP contribution is 2.29. The summed E-state index contributed by atoms with van der Waals surface area (Å²) in [5, 5.41) is 12.5. The van der Waals surface area contributed by atoms with Gasteiger partial charge in [0, 0.05) is 17.6 Å². The van der Waals surface area contributed by atoms with E-state index >= 15 is 0 Å². The molecule has 0 heterocycles. The van der Waals surface area contributed by atoms with Crippen molar-refractivity contribution in [3.8, 4) is 0 Å². The Bertz CT molecular complexity index is 973. The molecule has 0 aliphatic rings. The molecule has 0 amide bonds. The van der Waals surface area contributed by atoms with Crippen LogP contribution in [0.1, 0.15) is 0 Å². The summed E-state index contributed by atoms with van der Waals surface area (Å²) in [6, 6.07) is 6.02. The fourth-order valence-electron chi connectivity index (χ4n) is 2.07. The number of nitrogens with one attached hydrogen (secondary N) is 1. The van der Waals surface area contributed by atoms with Gasteiger partial charge in [0.2, 0.25) is 0 Å². The molecule has 0 saturated heterocycles. The van der Waals surface area contributed by atoms with Crippen LogP contribution in [0.5, 0.6) is 0 Å². The third-order valence-electron chi connectivity index (χ3n) is 3.18. The van der Waals surface area contributed by atoms with Crippen LogP contribution >= 0.6 is 11.6 Å². The van der Waals surface area contributed by atoms with E-state index in [1.807, 2.05) is 0 Å². The molecule has 2 aromatic carbocycles. The molecule has 8 nitrogen and oxygen atoms in total. The molecule has 0 bridgehead atoms. The second-order valence-corrected chi connectivity index (χ2v) is 8.12. The van der Waals surface area contributed by atoms with Crippen LogP contribution in [0.15, 0.2) is 40.1 Å². The minimum atomic E-state index is -4.71. The van der Waals surface area contributed by atoms with Crippen molar-refractivity contribution < 1.29 is 31.0 Å². The summed E-state index contributed by atoms with van der Waals surface area (Å²) in [7, 11) is -9.38. The highest BCUT2D eigenvalue weighted by Gasteiger charge is 2.20. The van der Waals surface area contributed by atoms with Crippen LogP contribution in [-0.4, -0.2) is 49.6 Å². The topological polar surface area (TPSA) is 141 Å². The summed E-state index contributed by atoms with van der Waals surface area (Å²) in [4.78, 5) is -1.31. The zero-order chi connectivity index (χ0) is 18.1. The Morgan fingerprint density at radius 3 is 2.25 bits per heavy atom. The van der Waals surface area contributed by atoms with Crippen LogP contribution in [-0.2, 0) is 20.2 Å². The van der Waals surface area contributed by atoms with Gasteiger partial charge in [-0.1, -0.05) is 6.07 Å². The maximum atomic E-state index is 11.5. The van der Waals surface area contributed by atoms with Crippen molar-refractivity contribution in [3.63, 3.8) is 0 Å². The molecule has 11 heteroatoms. The number of halogens is 1. The Morgan fingerprint density at radius 1 is 1.04 bits per heavy atom. The van der Waals surface area contributed by atoms with E-state index in [1.54, 1.807) is 0 Å². The summed E-state index contributed by atoms with van der Waals surface area (Å²) >= 11 is 5.48. The Morgan fingerprint density at radius 2 is 1.71 bits per heavy atom. The average molecular weight is 396 g/mol. The highest BCUT2D eigenvalue weighted by molar-refractivity contribution is 7.86. The van der Waals surface area contributed by atoms with E-state index in [4.69, 9.17) is 16.2 Å². The second-order valence-electron chi connectivity index (χ2n) is 5.00. The van der Waals surface area contributed by atoms with Crippen molar-refractivity contribution in [2.24, 2.45) is 0 Å². The standard InChI is InChI=1S/C13H14ClNO7S2/c14-6-10(16)7-15-9-1-2-12-8(3-9)4-11(23(17,18)19)5-13(12)24(20,21)22/h1-5,10,15-16H,6-7H2,(H,17,18,19)(H,20,21,22). The predicted molar refractivity (Wildman–Crippen MR) is 88.8 cm³/mol. The van der Waals surface area contributed by atoms with Crippen molar-refractivity contribution in [2.45, 2.75) is 15.9 Å². The number of fused-ring (bicyclic) bond motifs is 1. The normalized spacial score (nSPS) is 13.8. The molecule has 0 aliphatic heterocycles. The number of hydrogen-bond acceptors (Lipinski definition) is 6. The SMILES string of the molecule is O=S(=O)(O)c1cc(S(=O)(=O)O)c2ccc(NCC(O)CCl)cc2c1. The first-order chi connectivity index (χ1) is 11.0. The molecule has 0 saturated carbocycles. The Kier molecular flexibility index (Phi) is 5.37. The van der Waals surface area contributed by atoms with Crippen molar-refractivity contribution >= 4 is 48.3 Å². The maximum absolute atomic E-state index is 11.5. The molecule has 1 unspecified atom stereocenters. The molecular weight excluding hydrogens is 382 g/mol. The summed E-state index contributed by atoms with van der Waals surface area (Å²) in [6.45, 7) is 0.123. The van der Waals surface area contributed by atoms with E-state index in [9.17, 15) is 26.5 Å². The third-order valence-corrected chi connectivity index (χ3v) is 5.27. The molecule has 4 N–H and O–H groups in total. The lowest BCUT2D eigenvalue weighted by molar-refractivity contribution is 0.211. The molecule has 0 radical (unpaired) electrons. The van der Waals surface area contributed by atoms with E-state index < -0.39 is 36.1 Å². The molecular formula is C13H14ClNO7S2. The van der Waals surface area contributed by atoms with Gasteiger partial charge in [-0.05, 0) is 29.7 Å². The maximum Gasteiger partial charge on any atom is 0.295 e. The molecule has 1 atom stereocenters. The lowest BCUT2D eigenvalue weighted by atomic mass is 10.1. The monoisotopic (exact) mass is 395 g/mol. The van der Waals surface area contributed by atoms with Crippen molar-refractivity contribution in [3.05, 3.63) is 30.3 Å². The molecule has 2 rings (SSSR count). The molecule has 0 aromatic heterocycles. The van der Waals surface area contributed by atoms with Crippen LogP contribution in [0.25, 0.3) is 10.8 Å². The summed E-state index contributed by atoms with van der Waals surface area (Å²) in [5.41, 5.74) is 0.459. The van der Waals surface area contributed by atoms with Crippen LogP contribution in [0.4, 0.5) is 5.69 Å². The van der Waals surface area contributed by atoms with E-state index in [1.165, 1.54) is 18.2 Å². The number of alkyl halides is 1. The summed E-state index contributed by atoms with van der Waals surface area (Å²) < 4.78 is 64.0. The lowest BCUT2D eigenvalue weighted by Gasteiger charge is -2.12. The predicted octanol–water partition coefficient (Wildman–Crippen LogP) is 1.34. The Balaban J connectivity index is 2.62. The quantitative estimate of drug-likeness (QED) is 0.424. The number of anilines is 1. The van der Waals surface area contributed by atoms with Crippen LogP contribution in [0.2, 0.25) is 0 Å². The van der Waals surface area contributed by atoms with Crippen LogP contribution in [0.3, 0.4) is 0 Å². The van der Waals surface area contributed by atoms with Gasteiger partial charge in [0.25, 0.3) is 20.2 Å². The van der Waals surface area contributed by atoms with Gasteiger partial charge >= 0.3 is 0 Å². The van der Waals surface area contributed by atoms with Gasteiger partial charge in [0.1, 0.15) is 4.90 Å². The van der Waals surface area contributed by atoms with Gasteiger partial charge in [-0.3, -0.25) is 9.11 Å². The minimum Gasteiger partial charge on any atom is -0.390 e. The minimum absolute atomic E-state index is 0.0143. The first-order valence-electron chi connectivity index (χ1n) is 6.53. The van der Waals surface area contributed by atoms with Crippen LogP contribution < -0.4 is 5.32 Å². The molecule has 0 fully saturated rings. The first-order valence-corrected chi connectivity index (χ1v) is 9.94. The van der Waals surface area contributed by atoms with Crippen molar-refractivity contribution in [2.75, 3.05) is 17.7 Å². The van der Waals surface area contributed by atoms with Crippen LogP contribution in [0, 0.1) is 0 Å². The number of aliphatic hydroxyl groups is 1. The first kappa shape index (κ1) is 18.9. The van der Waals surface area contributed by atoms with E-state index in [2.05, 4.69) is 5.32 Å². The van der Waals surface area contributed by atoms with Crippen molar-refractivity contribution in [1.82, 2.24) is 0 Å². The molecule has 132 valence electrons.